The van der Waals surface area contributed by atoms with E-state index in [0.717, 1.165) is 24.8 Å². The van der Waals surface area contributed by atoms with E-state index in [1.54, 1.807) is 48.5 Å². The highest BCUT2D eigenvalue weighted by molar-refractivity contribution is 9.10. The Bertz CT molecular complexity index is 1770. The molecule has 254 valence electrons. The fourth-order valence-electron chi connectivity index (χ4n) is 5.14. The third-order valence-corrected chi connectivity index (χ3v) is 10.6. The number of hydrogen-bond acceptors (Lipinski definition) is 6. The number of hydrogen-bond donors (Lipinski definition) is 1. The molecule has 8 nitrogen and oxygen atoms in total. The second-order valence-electron chi connectivity index (χ2n) is 11.6. The molecule has 4 aromatic carbocycles. The molecule has 11 heteroatoms. The molecular weight excluding hydrogens is 710 g/mol. The molecule has 4 rings (SSSR count). The fourth-order valence-corrected chi connectivity index (χ4v) is 7.42. The molecule has 0 aliphatic carbocycles. The topological polar surface area (TPSA) is 96.0 Å². The van der Waals surface area contributed by atoms with Crippen molar-refractivity contribution in [1.29, 1.82) is 0 Å². The van der Waals surface area contributed by atoms with Gasteiger partial charge in [-0.15, -0.1) is 11.8 Å². The van der Waals surface area contributed by atoms with Gasteiger partial charge in [0.1, 0.15) is 18.3 Å². The van der Waals surface area contributed by atoms with Gasteiger partial charge in [0, 0.05) is 28.9 Å². The van der Waals surface area contributed by atoms with Crippen LogP contribution in [-0.2, 0) is 32.6 Å². The van der Waals surface area contributed by atoms with Gasteiger partial charge < -0.3 is 15.0 Å². The van der Waals surface area contributed by atoms with Crippen LogP contribution in [0.2, 0.25) is 0 Å². The summed E-state index contributed by atoms with van der Waals surface area (Å²) in [5, 5.41) is 3.02. The molecule has 0 saturated heterocycles. The molecular formula is C37H42BrN3O5S2. The van der Waals surface area contributed by atoms with Crippen LogP contribution >= 0.6 is 27.7 Å². The first-order chi connectivity index (χ1) is 23.0. The predicted octanol–water partition coefficient (Wildman–Crippen LogP) is 7.18. The Morgan fingerprint density at radius 2 is 1.56 bits per heavy atom. The van der Waals surface area contributed by atoms with E-state index in [2.05, 4.69) is 21.2 Å². The van der Waals surface area contributed by atoms with Crippen LogP contribution in [0.15, 0.2) is 117 Å². The number of rotatable bonds is 16. The van der Waals surface area contributed by atoms with Crippen molar-refractivity contribution < 1.29 is 22.7 Å². The van der Waals surface area contributed by atoms with Crippen molar-refractivity contribution in [2.45, 2.75) is 49.6 Å². The summed E-state index contributed by atoms with van der Waals surface area (Å²) in [4.78, 5) is 31.1. The molecule has 1 N–H and O–H groups in total. The molecule has 0 radical (unpaired) electrons. The van der Waals surface area contributed by atoms with Gasteiger partial charge in [0.05, 0.1) is 17.2 Å². The van der Waals surface area contributed by atoms with Gasteiger partial charge in [0.15, 0.2) is 0 Å². The lowest BCUT2D eigenvalue weighted by molar-refractivity contribution is -0.140. The highest BCUT2D eigenvalue weighted by Crippen LogP contribution is 2.33. The molecule has 0 saturated carbocycles. The molecule has 0 aliphatic heterocycles. The van der Waals surface area contributed by atoms with Gasteiger partial charge >= 0.3 is 0 Å². The second kappa shape index (κ2) is 17.6. The van der Waals surface area contributed by atoms with E-state index in [1.807, 2.05) is 81.6 Å². The third-order valence-electron chi connectivity index (χ3n) is 7.56. The van der Waals surface area contributed by atoms with Crippen LogP contribution in [0.1, 0.15) is 31.9 Å². The lowest BCUT2D eigenvalue weighted by Gasteiger charge is -2.34. The number of benzene rings is 4. The lowest BCUT2D eigenvalue weighted by Crippen LogP contribution is -2.53. The standard InChI is InChI=1S/C37H42BrN3O5S2/c1-5-46-35-17-10-9-16-33(35)41(48(44,45)32-20-18-31(47-4)19-21-32)26-36(42)40(25-29-14-11-15-30(38)22-29)34(37(43)39-24-27(2)3)23-28-12-7-6-8-13-28/h6-22,27,34H,5,23-26H2,1-4H3,(H,39,43). The maximum Gasteiger partial charge on any atom is 0.264 e. The molecule has 0 heterocycles. The Balaban J connectivity index is 1.84. The number of para-hydroxylation sites is 2. The summed E-state index contributed by atoms with van der Waals surface area (Å²) in [6.07, 6.45) is 2.15. The van der Waals surface area contributed by atoms with E-state index in [0.29, 0.717) is 18.9 Å². The maximum absolute atomic E-state index is 14.7. The number of halogens is 1. The van der Waals surface area contributed by atoms with Crippen LogP contribution in [0.25, 0.3) is 0 Å². The number of nitrogens with zero attached hydrogens (tertiary/aromatic N) is 2. The summed E-state index contributed by atoms with van der Waals surface area (Å²) in [6.45, 7) is 6.05. The van der Waals surface area contributed by atoms with Crippen LogP contribution in [0.4, 0.5) is 5.69 Å². The van der Waals surface area contributed by atoms with Gasteiger partial charge in [0.2, 0.25) is 11.8 Å². The van der Waals surface area contributed by atoms with Crippen molar-refractivity contribution in [1.82, 2.24) is 10.2 Å². The van der Waals surface area contributed by atoms with Gasteiger partial charge in [-0.3, -0.25) is 13.9 Å². The number of carbonyl (C=O) groups excluding carboxylic acids is 2. The normalized spacial score (nSPS) is 12.0. The van der Waals surface area contributed by atoms with E-state index in [-0.39, 0.29) is 35.4 Å². The van der Waals surface area contributed by atoms with E-state index >= 15 is 0 Å². The van der Waals surface area contributed by atoms with E-state index in [4.69, 9.17) is 4.74 Å². The summed E-state index contributed by atoms with van der Waals surface area (Å²) >= 11 is 5.02. The third kappa shape index (κ3) is 9.87. The molecule has 48 heavy (non-hydrogen) atoms. The molecule has 0 spiro atoms. The van der Waals surface area contributed by atoms with Crippen LogP contribution in [-0.4, -0.2) is 57.1 Å². The average Bonchev–Trinajstić information content (AvgIpc) is 3.08. The minimum atomic E-state index is -4.27. The molecule has 2 amide bonds. The molecule has 0 fully saturated rings. The van der Waals surface area contributed by atoms with Crippen LogP contribution < -0.4 is 14.4 Å². The van der Waals surface area contributed by atoms with Crippen molar-refractivity contribution in [2.24, 2.45) is 5.92 Å². The minimum absolute atomic E-state index is 0.0356. The average molecular weight is 753 g/mol. The summed E-state index contributed by atoms with van der Waals surface area (Å²) in [7, 11) is -4.27. The maximum atomic E-state index is 14.7. The second-order valence-corrected chi connectivity index (χ2v) is 15.2. The lowest BCUT2D eigenvalue weighted by atomic mass is 10.0. The van der Waals surface area contributed by atoms with Crippen LogP contribution in [0.3, 0.4) is 0 Å². The summed E-state index contributed by atoms with van der Waals surface area (Å²) in [5.74, 6) is -0.334. The first-order valence-electron chi connectivity index (χ1n) is 15.8. The zero-order chi connectivity index (χ0) is 34.7. The number of sulfonamides is 1. The van der Waals surface area contributed by atoms with Crippen molar-refractivity contribution >= 4 is 55.2 Å². The first kappa shape index (κ1) is 37.0. The van der Waals surface area contributed by atoms with Crippen LogP contribution in [0.5, 0.6) is 5.75 Å². The van der Waals surface area contributed by atoms with E-state index in [9.17, 15) is 18.0 Å². The number of nitrogens with one attached hydrogen (secondary N) is 1. The number of thioether (sulfide) groups is 1. The molecule has 4 aromatic rings. The zero-order valence-corrected chi connectivity index (χ0v) is 30.9. The van der Waals surface area contributed by atoms with Crippen molar-refractivity contribution in [3.05, 3.63) is 119 Å². The Kier molecular flexibility index (Phi) is 13.5. The summed E-state index contributed by atoms with van der Waals surface area (Å²) in [6, 6.07) is 29.4. The van der Waals surface area contributed by atoms with Gasteiger partial charge in [-0.05, 0) is 78.8 Å². The number of carbonyl (C=O) groups is 2. The SMILES string of the molecule is CCOc1ccccc1N(CC(=O)N(Cc1cccc(Br)c1)C(Cc1ccccc1)C(=O)NCC(C)C)S(=O)(=O)c1ccc(SC)cc1. The summed E-state index contributed by atoms with van der Waals surface area (Å²) < 4.78 is 36.6. The number of amides is 2. The van der Waals surface area contributed by atoms with Crippen molar-refractivity contribution in [2.75, 3.05) is 30.3 Å². The number of anilines is 1. The van der Waals surface area contributed by atoms with E-state index in [1.165, 1.54) is 16.7 Å². The molecule has 0 aromatic heterocycles. The van der Waals surface area contributed by atoms with Crippen molar-refractivity contribution in [3.63, 3.8) is 0 Å². The first-order valence-corrected chi connectivity index (χ1v) is 19.2. The highest BCUT2D eigenvalue weighted by atomic mass is 79.9. The fraction of sp³-hybridized carbons (Fsp3) is 0.297. The molecule has 0 aliphatic rings. The van der Waals surface area contributed by atoms with Crippen LogP contribution in [0, 0.1) is 5.92 Å². The highest BCUT2D eigenvalue weighted by Gasteiger charge is 2.35. The summed E-state index contributed by atoms with van der Waals surface area (Å²) in [5.41, 5.74) is 1.88. The Labute approximate surface area is 297 Å². The molecule has 0 bridgehead atoms. The Morgan fingerprint density at radius 3 is 2.21 bits per heavy atom. The Morgan fingerprint density at radius 1 is 0.896 bits per heavy atom. The van der Waals surface area contributed by atoms with Gasteiger partial charge in [-0.2, -0.15) is 0 Å². The quantitative estimate of drug-likeness (QED) is 0.122. The van der Waals surface area contributed by atoms with Crippen molar-refractivity contribution in [3.8, 4) is 5.75 Å². The Hall–Kier alpha value is -3.80. The zero-order valence-electron chi connectivity index (χ0n) is 27.6. The van der Waals surface area contributed by atoms with Gasteiger partial charge in [-0.25, -0.2) is 8.42 Å². The minimum Gasteiger partial charge on any atom is -0.492 e. The monoisotopic (exact) mass is 751 g/mol. The number of ether oxygens (including phenoxy) is 1. The van der Waals surface area contributed by atoms with E-state index < -0.39 is 28.5 Å². The predicted molar refractivity (Wildman–Crippen MR) is 197 cm³/mol. The smallest absolute Gasteiger partial charge is 0.264 e. The molecule has 1 unspecified atom stereocenters. The molecule has 1 atom stereocenters. The van der Waals surface area contributed by atoms with Gasteiger partial charge in [0.25, 0.3) is 10.0 Å². The largest absolute Gasteiger partial charge is 0.492 e. The van der Waals surface area contributed by atoms with Gasteiger partial charge in [-0.1, -0.05) is 84.4 Å².